The van der Waals surface area contributed by atoms with Gasteiger partial charge < -0.3 is 5.32 Å². The van der Waals surface area contributed by atoms with Crippen LogP contribution in [-0.4, -0.2) is 25.9 Å². The molecule has 0 atom stereocenters. The second-order valence-corrected chi connectivity index (χ2v) is 9.44. The van der Waals surface area contributed by atoms with E-state index >= 15 is 0 Å². The van der Waals surface area contributed by atoms with Crippen molar-refractivity contribution in [3.05, 3.63) is 120 Å². The fourth-order valence-corrected chi connectivity index (χ4v) is 4.86. The fraction of sp³-hybridized carbons (Fsp3) is 0.0769. The van der Waals surface area contributed by atoms with Crippen molar-refractivity contribution >= 4 is 27.3 Å². The van der Waals surface area contributed by atoms with Gasteiger partial charge in [-0.15, -0.1) is 0 Å². The molecule has 0 fully saturated rings. The Balaban J connectivity index is 1.51. The molecule has 0 bridgehead atoms. The molecule has 4 aromatic rings. The number of benzene rings is 3. The average Bonchev–Trinajstić information content (AvgIpc) is 2.85. The van der Waals surface area contributed by atoms with Gasteiger partial charge in [-0.05, 0) is 78.2 Å². The molecule has 34 heavy (non-hydrogen) atoms. The van der Waals surface area contributed by atoms with Gasteiger partial charge in [0.2, 0.25) is 5.91 Å². The summed E-state index contributed by atoms with van der Waals surface area (Å²) in [5, 5.41) is 2.74. The Morgan fingerprint density at radius 2 is 1.44 bits per heavy atom. The van der Waals surface area contributed by atoms with Gasteiger partial charge in [0, 0.05) is 18.1 Å². The summed E-state index contributed by atoms with van der Waals surface area (Å²) in [6, 6.07) is 24.0. The van der Waals surface area contributed by atoms with Crippen LogP contribution in [0.25, 0.3) is 0 Å². The van der Waals surface area contributed by atoms with E-state index in [1.54, 1.807) is 42.7 Å². The van der Waals surface area contributed by atoms with Gasteiger partial charge in [0.25, 0.3) is 10.0 Å². The van der Waals surface area contributed by atoms with Gasteiger partial charge >= 0.3 is 0 Å². The lowest BCUT2D eigenvalue weighted by Crippen LogP contribution is -2.38. The van der Waals surface area contributed by atoms with Crippen LogP contribution in [-0.2, 0) is 21.2 Å². The summed E-state index contributed by atoms with van der Waals surface area (Å²) in [6.45, 7) is -0.471. The lowest BCUT2D eigenvalue weighted by Gasteiger charge is -2.24. The standard InChI is InChI=1S/C26H22FN3O3S/c27-22-8-12-24(13-9-22)30(34(32,33)25-4-2-1-3-5-25)19-26(31)29-23-10-6-20(7-11-23)18-21-14-16-28-17-15-21/h1-17H,18-19H2,(H,29,31). The normalized spacial score (nSPS) is 11.1. The molecule has 3 aromatic carbocycles. The maximum Gasteiger partial charge on any atom is 0.264 e. The number of anilines is 2. The number of aromatic nitrogens is 1. The quantitative estimate of drug-likeness (QED) is 0.403. The van der Waals surface area contributed by atoms with Crippen LogP contribution in [0.2, 0.25) is 0 Å². The molecule has 172 valence electrons. The maximum absolute atomic E-state index is 13.4. The van der Waals surface area contributed by atoms with E-state index in [2.05, 4.69) is 10.3 Å². The van der Waals surface area contributed by atoms with Crippen LogP contribution >= 0.6 is 0 Å². The van der Waals surface area contributed by atoms with Gasteiger partial charge in [0.15, 0.2) is 0 Å². The molecule has 4 rings (SSSR count). The number of halogens is 1. The maximum atomic E-state index is 13.4. The molecule has 0 aliphatic heterocycles. The van der Waals surface area contributed by atoms with E-state index in [-0.39, 0.29) is 10.6 Å². The Labute approximate surface area is 197 Å². The third-order valence-corrected chi connectivity index (χ3v) is 6.92. The Morgan fingerprint density at radius 3 is 2.09 bits per heavy atom. The van der Waals surface area contributed by atoms with Crippen molar-refractivity contribution < 1.29 is 17.6 Å². The van der Waals surface area contributed by atoms with E-state index in [9.17, 15) is 17.6 Å². The minimum absolute atomic E-state index is 0.0348. The molecule has 1 amide bonds. The van der Waals surface area contributed by atoms with Gasteiger partial charge in [-0.3, -0.25) is 14.1 Å². The van der Waals surface area contributed by atoms with Crippen LogP contribution in [0.3, 0.4) is 0 Å². The molecule has 8 heteroatoms. The lowest BCUT2D eigenvalue weighted by atomic mass is 10.1. The first kappa shape index (κ1) is 23.1. The van der Waals surface area contributed by atoms with Crippen molar-refractivity contribution in [2.75, 3.05) is 16.2 Å². The zero-order valence-corrected chi connectivity index (χ0v) is 19.0. The molecular weight excluding hydrogens is 453 g/mol. The van der Waals surface area contributed by atoms with Gasteiger partial charge in [0.1, 0.15) is 12.4 Å². The summed E-state index contributed by atoms with van der Waals surface area (Å²) in [4.78, 5) is 16.9. The number of amides is 1. The molecular formula is C26H22FN3O3S. The summed E-state index contributed by atoms with van der Waals surface area (Å²) >= 11 is 0. The molecule has 0 spiro atoms. The van der Waals surface area contributed by atoms with Gasteiger partial charge in [-0.2, -0.15) is 0 Å². The minimum Gasteiger partial charge on any atom is -0.325 e. The second-order valence-electron chi connectivity index (χ2n) is 7.58. The van der Waals surface area contributed by atoms with Crippen molar-refractivity contribution in [2.45, 2.75) is 11.3 Å². The van der Waals surface area contributed by atoms with E-state index in [1.165, 1.54) is 24.3 Å². The van der Waals surface area contributed by atoms with Crippen LogP contribution in [0.15, 0.2) is 108 Å². The number of carbonyl (C=O) groups is 1. The Morgan fingerprint density at radius 1 is 0.824 bits per heavy atom. The van der Waals surface area contributed by atoms with Crippen LogP contribution < -0.4 is 9.62 Å². The highest BCUT2D eigenvalue weighted by atomic mass is 32.2. The van der Waals surface area contributed by atoms with Crippen molar-refractivity contribution in [2.24, 2.45) is 0 Å². The van der Waals surface area contributed by atoms with Crippen LogP contribution in [0.1, 0.15) is 11.1 Å². The number of sulfonamides is 1. The van der Waals surface area contributed by atoms with E-state index in [0.717, 1.165) is 34.0 Å². The Hall–Kier alpha value is -4.04. The first-order valence-corrected chi connectivity index (χ1v) is 12.0. The molecule has 6 nitrogen and oxygen atoms in total. The molecule has 0 saturated heterocycles. The molecule has 0 saturated carbocycles. The average molecular weight is 476 g/mol. The lowest BCUT2D eigenvalue weighted by molar-refractivity contribution is -0.114. The summed E-state index contributed by atoms with van der Waals surface area (Å²) < 4.78 is 40.9. The molecule has 0 unspecified atom stereocenters. The highest BCUT2D eigenvalue weighted by molar-refractivity contribution is 7.92. The van der Waals surface area contributed by atoms with Crippen molar-refractivity contribution in [3.63, 3.8) is 0 Å². The van der Waals surface area contributed by atoms with E-state index in [4.69, 9.17) is 0 Å². The van der Waals surface area contributed by atoms with E-state index < -0.39 is 28.3 Å². The van der Waals surface area contributed by atoms with E-state index in [0.29, 0.717) is 5.69 Å². The van der Waals surface area contributed by atoms with Crippen molar-refractivity contribution in [1.82, 2.24) is 4.98 Å². The van der Waals surface area contributed by atoms with Crippen molar-refractivity contribution in [3.8, 4) is 0 Å². The molecule has 1 N–H and O–H groups in total. The van der Waals surface area contributed by atoms with Crippen LogP contribution in [0.4, 0.5) is 15.8 Å². The van der Waals surface area contributed by atoms with Crippen LogP contribution in [0, 0.1) is 5.82 Å². The number of rotatable bonds is 8. The number of pyridine rings is 1. The zero-order valence-electron chi connectivity index (χ0n) is 18.1. The fourth-order valence-electron chi connectivity index (χ4n) is 3.42. The number of hydrogen-bond acceptors (Lipinski definition) is 4. The molecule has 0 radical (unpaired) electrons. The smallest absolute Gasteiger partial charge is 0.264 e. The second kappa shape index (κ2) is 10.3. The molecule has 0 aliphatic carbocycles. The predicted molar refractivity (Wildman–Crippen MR) is 129 cm³/mol. The number of nitrogens with zero attached hydrogens (tertiary/aromatic N) is 2. The largest absolute Gasteiger partial charge is 0.325 e. The minimum atomic E-state index is -4.05. The van der Waals surface area contributed by atoms with Crippen LogP contribution in [0.5, 0.6) is 0 Å². The first-order valence-electron chi connectivity index (χ1n) is 10.5. The topological polar surface area (TPSA) is 79.4 Å². The third kappa shape index (κ3) is 5.65. The summed E-state index contributed by atoms with van der Waals surface area (Å²) in [7, 11) is -4.05. The SMILES string of the molecule is O=C(CN(c1ccc(F)cc1)S(=O)(=O)c1ccccc1)Nc1ccc(Cc2ccncc2)cc1. The van der Waals surface area contributed by atoms with Crippen molar-refractivity contribution in [1.29, 1.82) is 0 Å². The zero-order chi connectivity index (χ0) is 24.0. The number of nitrogens with one attached hydrogen (secondary N) is 1. The molecule has 0 aliphatic rings. The van der Waals surface area contributed by atoms with Gasteiger partial charge in [-0.25, -0.2) is 12.8 Å². The number of hydrogen-bond donors (Lipinski definition) is 1. The molecule has 1 aromatic heterocycles. The summed E-state index contributed by atoms with van der Waals surface area (Å²) in [5.41, 5.74) is 2.91. The highest BCUT2D eigenvalue weighted by Crippen LogP contribution is 2.24. The summed E-state index contributed by atoms with van der Waals surface area (Å²) in [5.74, 6) is -1.03. The van der Waals surface area contributed by atoms with E-state index in [1.807, 2.05) is 24.3 Å². The third-order valence-electron chi connectivity index (χ3n) is 5.13. The first-order chi connectivity index (χ1) is 16.4. The highest BCUT2D eigenvalue weighted by Gasteiger charge is 2.27. The van der Waals surface area contributed by atoms with Gasteiger partial charge in [0.05, 0.1) is 10.6 Å². The monoisotopic (exact) mass is 475 g/mol. The Bertz CT molecular complexity index is 1350. The number of carbonyl (C=O) groups excluding carboxylic acids is 1. The predicted octanol–water partition coefficient (Wildman–Crippen LogP) is 4.65. The Kier molecular flexibility index (Phi) is 6.98. The van der Waals surface area contributed by atoms with Gasteiger partial charge in [-0.1, -0.05) is 30.3 Å². The summed E-state index contributed by atoms with van der Waals surface area (Å²) in [6.07, 6.45) is 4.20. The molecule has 1 heterocycles.